The molecule has 0 radical (unpaired) electrons. The minimum absolute atomic E-state index is 0. The second-order valence-corrected chi connectivity index (χ2v) is 6.91. The number of aliphatic imine (C=N–C) groups is 1. The van der Waals surface area contributed by atoms with Crippen LogP contribution in [0.3, 0.4) is 0 Å². The molecule has 1 heterocycles. The first-order valence-corrected chi connectivity index (χ1v) is 9.13. The minimum atomic E-state index is 0. The van der Waals surface area contributed by atoms with E-state index in [2.05, 4.69) is 42.9 Å². The molecule has 7 nitrogen and oxygen atoms in total. The standard InChI is InChI=1S/C19H28N6O.HI/c1-20-18(22-13-19(7-4-8-19)9-10-26-2)21-12-15-5-3-6-16(11-15)17-23-14-24-25-17;/h3,5-6,11,14H,4,7-10,12-13H2,1-2H3,(H2,20,21,22)(H,23,24,25);1H. The largest absolute Gasteiger partial charge is 0.385 e. The van der Waals surface area contributed by atoms with Crippen molar-refractivity contribution in [1.29, 1.82) is 0 Å². The molecule has 27 heavy (non-hydrogen) atoms. The van der Waals surface area contributed by atoms with Crippen LogP contribution in [-0.4, -0.2) is 48.5 Å². The van der Waals surface area contributed by atoms with E-state index in [1.807, 2.05) is 19.2 Å². The monoisotopic (exact) mass is 484 g/mol. The number of guanidine groups is 1. The first-order valence-electron chi connectivity index (χ1n) is 9.13. The van der Waals surface area contributed by atoms with E-state index in [-0.39, 0.29) is 24.0 Å². The first-order chi connectivity index (χ1) is 12.7. The molecule has 0 amide bonds. The topological polar surface area (TPSA) is 87.2 Å². The van der Waals surface area contributed by atoms with Crippen LogP contribution in [0.15, 0.2) is 35.6 Å². The fourth-order valence-corrected chi connectivity index (χ4v) is 3.36. The molecule has 0 spiro atoms. The molecule has 1 aromatic carbocycles. The summed E-state index contributed by atoms with van der Waals surface area (Å²) in [5.74, 6) is 1.61. The Labute approximate surface area is 177 Å². The summed E-state index contributed by atoms with van der Waals surface area (Å²) in [4.78, 5) is 8.55. The fourth-order valence-electron chi connectivity index (χ4n) is 3.36. The first kappa shape index (κ1) is 21.6. The molecule has 0 bridgehead atoms. The van der Waals surface area contributed by atoms with E-state index in [9.17, 15) is 0 Å². The lowest BCUT2D eigenvalue weighted by molar-refractivity contribution is 0.0732. The normalized spacial score (nSPS) is 15.6. The highest BCUT2D eigenvalue weighted by Gasteiger charge is 2.36. The van der Waals surface area contributed by atoms with Gasteiger partial charge in [-0.05, 0) is 36.3 Å². The Morgan fingerprint density at radius 2 is 2.19 bits per heavy atom. The SMILES string of the molecule is CN=C(NCc1cccc(-c2ncn[nH]2)c1)NCC1(CCOC)CCC1.I. The third kappa shape index (κ3) is 5.90. The average molecular weight is 484 g/mol. The van der Waals surface area contributed by atoms with Gasteiger partial charge in [0.15, 0.2) is 11.8 Å². The van der Waals surface area contributed by atoms with Crippen LogP contribution >= 0.6 is 24.0 Å². The number of benzene rings is 1. The highest BCUT2D eigenvalue weighted by molar-refractivity contribution is 14.0. The third-order valence-corrected chi connectivity index (χ3v) is 5.18. The zero-order valence-corrected chi connectivity index (χ0v) is 18.3. The van der Waals surface area contributed by atoms with Crippen LogP contribution < -0.4 is 10.6 Å². The number of aromatic amines is 1. The quantitative estimate of drug-likeness (QED) is 0.305. The fraction of sp³-hybridized carbons (Fsp3) is 0.526. The molecule has 1 fully saturated rings. The maximum absolute atomic E-state index is 5.27. The smallest absolute Gasteiger partial charge is 0.191 e. The summed E-state index contributed by atoms with van der Waals surface area (Å²) < 4.78 is 5.27. The van der Waals surface area contributed by atoms with E-state index in [0.29, 0.717) is 12.0 Å². The Balaban J connectivity index is 0.00000261. The van der Waals surface area contributed by atoms with Gasteiger partial charge in [0.25, 0.3) is 0 Å². The molecule has 3 rings (SSSR count). The zero-order chi connectivity index (χ0) is 18.2. The van der Waals surface area contributed by atoms with Gasteiger partial charge in [0.2, 0.25) is 0 Å². The predicted molar refractivity (Wildman–Crippen MR) is 118 cm³/mol. The maximum Gasteiger partial charge on any atom is 0.191 e. The number of H-pyrrole nitrogens is 1. The lowest BCUT2D eigenvalue weighted by atomic mass is 9.67. The molecule has 1 aromatic heterocycles. The van der Waals surface area contributed by atoms with E-state index >= 15 is 0 Å². The Kier molecular flexibility index (Phi) is 8.49. The van der Waals surface area contributed by atoms with Crippen LogP contribution in [-0.2, 0) is 11.3 Å². The summed E-state index contributed by atoms with van der Waals surface area (Å²) in [7, 11) is 3.58. The lowest BCUT2D eigenvalue weighted by Gasteiger charge is -2.42. The summed E-state index contributed by atoms with van der Waals surface area (Å²) in [6, 6.07) is 8.24. The summed E-state index contributed by atoms with van der Waals surface area (Å²) in [6.07, 6.45) is 6.46. The van der Waals surface area contributed by atoms with Gasteiger partial charge in [0.05, 0.1) is 0 Å². The molecule has 1 aliphatic carbocycles. The van der Waals surface area contributed by atoms with Gasteiger partial charge in [0, 0.05) is 39.4 Å². The van der Waals surface area contributed by atoms with Crippen LogP contribution in [0.1, 0.15) is 31.2 Å². The van der Waals surface area contributed by atoms with Crippen molar-refractivity contribution >= 4 is 29.9 Å². The molecule has 0 aliphatic heterocycles. The van der Waals surface area contributed by atoms with Gasteiger partial charge >= 0.3 is 0 Å². The van der Waals surface area contributed by atoms with Crippen molar-refractivity contribution in [2.75, 3.05) is 27.3 Å². The molecule has 0 unspecified atom stereocenters. The Hall–Kier alpha value is -1.68. The molecular weight excluding hydrogens is 455 g/mol. The van der Waals surface area contributed by atoms with Crippen molar-refractivity contribution in [3.05, 3.63) is 36.2 Å². The number of ether oxygens (including phenoxy) is 1. The van der Waals surface area contributed by atoms with E-state index in [1.54, 1.807) is 7.11 Å². The van der Waals surface area contributed by atoms with Crippen molar-refractivity contribution in [3.63, 3.8) is 0 Å². The van der Waals surface area contributed by atoms with Crippen LogP contribution in [0.25, 0.3) is 11.4 Å². The maximum atomic E-state index is 5.27. The van der Waals surface area contributed by atoms with E-state index in [4.69, 9.17) is 4.74 Å². The minimum Gasteiger partial charge on any atom is -0.385 e. The number of halogens is 1. The second-order valence-electron chi connectivity index (χ2n) is 6.91. The van der Waals surface area contributed by atoms with Crippen LogP contribution in [0.5, 0.6) is 0 Å². The molecule has 0 atom stereocenters. The van der Waals surface area contributed by atoms with Gasteiger partial charge in [-0.1, -0.05) is 24.6 Å². The summed E-state index contributed by atoms with van der Waals surface area (Å²) in [5.41, 5.74) is 2.55. The third-order valence-electron chi connectivity index (χ3n) is 5.18. The van der Waals surface area contributed by atoms with Gasteiger partial charge in [0.1, 0.15) is 6.33 Å². The van der Waals surface area contributed by atoms with Crippen molar-refractivity contribution < 1.29 is 4.74 Å². The number of rotatable bonds is 8. The molecule has 148 valence electrons. The Morgan fingerprint density at radius 1 is 1.33 bits per heavy atom. The predicted octanol–water partition coefficient (Wildman–Crippen LogP) is 2.96. The van der Waals surface area contributed by atoms with Gasteiger partial charge in [-0.15, -0.1) is 24.0 Å². The number of hydrogen-bond donors (Lipinski definition) is 3. The lowest BCUT2D eigenvalue weighted by Crippen LogP contribution is -2.46. The Morgan fingerprint density at radius 3 is 2.81 bits per heavy atom. The van der Waals surface area contributed by atoms with Crippen LogP contribution in [0, 0.1) is 5.41 Å². The van der Waals surface area contributed by atoms with E-state index < -0.39 is 0 Å². The number of aromatic nitrogens is 3. The van der Waals surface area contributed by atoms with E-state index in [0.717, 1.165) is 36.9 Å². The molecular formula is C19H29IN6O. The van der Waals surface area contributed by atoms with Crippen LogP contribution in [0.2, 0.25) is 0 Å². The summed E-state index contributed by atoms with van der Waals surface area (Å²) in [5, 5.41) is 13.7. The zero-order valence-electron chi connectivity index (χ0n) is 16.0. The van der Waals surface area contributed by atoms with Crippen LogP contribution in [0.4, 0.5) is 0 Å². The highest BCUT2D eigenvalue weighted by atomic mass is 127. The molecule has 8 heteroatoms. The van der Waals surface area contributed by atoms with Gasteiger partial charge in [-0.2, -0.15) is 5.10 Å². The van der Waals surface area contributed by atoms with Crippen molar-refractivity contribution in [2.45, 2.75) is 32.2 Å². The Bertz CT molecular complexity index is 715. The molecule has 1 saturated carbocycles. The van der Waals surface area contributed by atoms with Crippen molar-refractivity contribution in [1.82, 2.24) is 25.8 Å². The number of methoxy groups -OCH3 is 1. The number of nitrogens with zero attached hydrogens (tertiary/aromatic N) is 3. The highest BCUT2D eigenvalue weighted by Crippen LogP contribution is 2.43. The second kappa shape index (κ2) is 10.6. The van der Waals surface area contributed by atoms with Crippen molar-refractivity contribution in [2.24, 2.45) is 10.4 Å². The molecule has 3 N–H and O–H groups in total. The van der Waals surface area contributed by atoms with Gasteiger partial charge in [-0.3, -0.25) is 10.1 Å². The van der Waals surface area contributed by atoms with Crippen molar-refractivity contribution in [3.8, 4) is 11.4 Å². The molecule has 1 aliphatic rings. The summed E-state index contributed by atoms with van der Waals surface area (Å²) >= 11 is 0. The van der Waals surface area contributed by atoms with Gasteiger partial charge in [-0.25, -0.2) is 4.98 Å². The van der Waals surface area contributed by atoms with Gasteiger partial charge < -0.3 is 15.4 Å². The average Bonchev–Trinajstić information content (AvgIpc) is 3.18. The number of hydrogen-bond acceptors (Lipinski definition) is 4. The summed E-state index contributed by atoms with van der Waals surface area (Å²) in [6.45, 7) is 2.46. The molecule has 2 aromatic rings. The van der Waals surface area contributed by atoms with E-state index in [1.165, 1.54) is 31.2 Å². The number of nitrogens with one attached hydrogen (secondary N) is 3. The molecule has 0 saturated heterocycles.